The van der Waals surface area contributed by atoms with Gasteiger partial charge in [-0.05, 0) is 19.4 Å². The average molecular weight is 444 g/mol. The molecule has 0 radical (unpaired) electrons. The van der Waals surface area contributed by atoms with Gasteiger partial charge in [0.15, 0.2) is 6.04 Å². The van der Waals surface area contributed by atoms with Gasteiger partial charge in [0.2, 0.25) is 0 Å². The lowest BCUT2D eigenvalue weighted by Crippen LogP contribution is -2.32. The Kier molecular flexibility index (Phi) is 8.95. The molecule has 33 heavy (non-hydrogen) atoms. The predicted molar refractivity (Wildman–Crippen MR) is 129 cm³/mol. The quantitative estimate of drug-likeness (QED) is 0.319. The predicted octanol–water partition coefficient (Wildman–Crippen LogP) is 5.19. The van der Waals surface area contributed by atoms with E-state index in [0.29, 0.717) is 5.71 Å². The number of esters is 2. The normalized spacial score (nSPS) is 12.3. The zero-order valence-electron chi connectivity index (χ0n) is 19.0. The smallest absolute Gasteiger partial charge is 0.331 e. The molecule has 0 heterocycles. The van der Waals surface area contributed by atoms with Crippen LogP contribution < -0.4 is 0 Å². The summed E-state index contributed by atoms with van der Waals surface area (Å²) in [6, 6.07) is 27.9. The molecule has 170 valence electrons. The second-order valence-corrected chi connectivity index (χ2v) is 7.43. The van der Waals surface area contributed by atoms with Crippen molar-refractivity contribution in [2.24, 2.45) is 4.99 Å². The minimum atomic E-state index is -0.924. The van der Waals surface area contributed by atoms with Crippen LogP contribution >= 0.6 is 0 Å². The second kappa shape index (κ2) is 12.3. The van der Waals surface area contributed by atoms with E-state index in [0.717, 1.165) is 16.7 Å². The second-order valence-electron chi connectivity index (χ2n) is 7.43. The van der Waals surface area contributed by atoms with Crippen LogP contribution in [0.5, 0.6) is 0 Å². The highest BCUT2D eigenvalue weighted by Crippen LogP contribution is 2.29. The first-order valence-corrected chi connectivity index (χ1v) is 11.2. The lowest BCUT2D eigenvalue weighted by atomic mass is 9.88. The van der Waals surface area contributed by atoms with Crippen LogP contribution in [0.2, 0.25) is 0 Å². The van der Waals surface area contributed by atoms with Crippen molar-refractivity contribution in [2.75, 3.05) is 13.2 Å². The maximum Gasteiger partial charge on any atom is 0.331 e. The van der Waals surface area contributed by atoms with Gasteiger partial charge in [0, 0.05) is 17.0 Å². The van der Waals surface area contributed by atoms with Crippen molar-refractivity contribution in [3.63, 3.8) is 0 Å². The molecule has 0 aliphatic heterocycles. The number of hydrogen-bond donors (Lipinski definition) is 0. The molecule has 5 heteroatoms. The van der Waals surface area contributed by atoms with E-state index in [1.165, 1.54) is 0 Å². The summed E-state index contributed by atoms with van der Waals surface area (Å²) in [5.41, 5.74) is 3.24. The van der Waals surface area contributed by atoms with Crippen LogP contribution in [-0.2, 0) is 19.1 Å². The van der Waals surface area contributed by atoms with Crippen molar-refractivity contribution in [1.82, 2.24) is 0 Å². The van der Waals surface area contributed by atoms with Crippen LogP contribution in [0, 0.1) is 0 Å². The maximum absolute atomic E-state index is 13.2. The Morgan fingerprint density at radius 3 is 1.70 bits per heavy atom. The highest BCUT2D eigenvalue weighted by molar-refractivity contribution is 6.13. The number of carbonyl (C=O) groups is 2. The maximum atomic E-state index is 13.2. The van der Waals surface area contributed by atoms with Crippen molar-refractivity contribution in [2.45, 2.75) is 32.2 Å². The van der Waals surface area contributed by atoms with Gasteiger partial charge >= 0.3 is 11.9 Å². The van der Waals surface area contributed by atoms with Crippen LogP contribution in [0.15, 0.2) is 96.0 Å². The number of aliphatic imine (C=N–C) groups is 1. The molecule has 0 bridgehead atoms. The van der Waals surface area contributed by atoms with Crippen molar-refractivity contribution in [3.8, 4) is 0 Å². The Bertz CT molecular complexity index is 1010. The van der Waals surface area contributed by atoms with Crippen molar-refractivity contribution >= 4 is 17.7 Å². The molecular formula is C28H29NO4. The summed E-state index contributed by atoms with van der Waals surface area (Å²) in [6.07, 6.45) is 0.0156. The van der Waals surface area contributed by atoms with Gasteiger partial charge in [0.1, 0.15) is 0 Å². The van der Waals surface area contributed by atoms with Crippen LogP contribution in [-0.4, -0.2) is 36.9 Å². The Morgan fingerprint density at radius 1 is 0.727 bits per heavy atom. The molecule has 3 rings (SSSR count). The summed E-state index contributed by atoms with van der Waals surface area (Å²) >= 11 is 0. The summed E-state index contributed by atoms with van der Waals surface area (Å²) in [4.78, 5) is 30.7. The number of carbonyl (C=O) groups excluding carboxylic acids is 2. The molecule has 3 aromatic carbocycles. The van der Waals surface area contributed by atoms with Crippen molar-refractivity contribution < 1.29 is 19.1 Å². The van der Waals surface area contributed by atoms with Crippen LogP contribution in [0.3, 0.4) is 0 Å². The zero-order valence-corrected chi connectivity index (χ0v) is 19.0. The Hall–Kier alpha value is -3.73. The van der Waals surface area contributed by atoms with Crippen LogP contribution in [0.1, 0.15) is 42.9 Å². The number of nitrogens with zero attached hydrogens (tertiary/aromatic N) is 1. The first kappa shape index (κ1) is 23.9. The van der Waals surface area contributed by atoms with E-state index in [4.69, 9.17) is 14.5 Å². The summed E-state index contributed by atoms with van der Waals surface area (Å²) in [7, 11) is 0. The monoisotopic (exact) mass is 443 g/mol. The van der Waals surface area contributed by atoms with E-state index in [1.807, 2.05) is 91.0 Å². The van der Waals surface area contributed by atoms with Gasteiger partial charge < -0.3 is 9.47 Å². The molecule has 0 aliphatic rings. The number of ether oxygens (including phenoxy) is 2. The summed E-state index contributed by atoms with van der Waals surface area (Å²) in [5, 5.41) is 0. The molecule has 0 N–H and O–H groups in total. The summed E-state index contributed by atoms with van der Waals surface area (Å²) in [5.74, 6) is -1.39. The first-order valence-electron chi connectivity index (χ1n) is 11.2. The third-order valence-electron chi connectivity index (χ3n) is 5.19. The Balaban J connectivity index is 2.16. The topological polar surface area (TPSA) is 65.0 Å². The average Bonchev–Trinajstić information content (AvgIpc) is 2.85. The van der Waals surface area contributed by atoms with E-state index < -0.39 is 17.9 Å². The lowest BCUT2D eigenvalue weighted by Gasteiger charge is -2.24. The molecule has 0 aromatic heterocycles. The van der Waals surface area contributed by atoms with Crippen molar-refractivity contribution in [1.29, 1.82) is 0 Å². The van der Waals surface area contributed by atoms with Crippen LogP contribution in [0.4, 0.5) is 0 Å². The van der Waals surface area contributed by atoms with Gasteiger partial charge in [0.25, 0.3) is 0 Å². The van der Waals surface area contributed by atoms with Gasteiger partial charge in [-0.1, -0.05) is 91.0 Å². The summed E-state index contributed by atoms with van der Waals surface area (Å²) < 4.78 is 10.6. The highest BCUT2D eigenvalue weighted by atomic mass is 16.5. The molecule has 2 unspecified atom stereocenters. The first-order chi connectivity index (χ1) is 16.1. The fourth-order valence-electron chi connectivity index (χ4n) is 3.69. The van der Waals surface area contributed by atoms with E-state index in [9.17, 15) is 9.59 Å². The Labute approximate surface area is 195 Å². The number of benzene rings is 3. The van der Waals surface area contributed by atoms with E-state index >= 15 is 0 Å². The van der Waals surface area contributed by atoms with E-state index in [1.54, 1.807) is 13.8 Å². The van der Waals surface area contributed by atoms with Gasteiger partial charge in [-0.2, -0.15) is 0 Å². The third-order valence-corrected chi connectivity index (χ3v) is 5.19. The lowest BCUT2D eigenvalue weighted by molar-refractivity contribution is -0.146. The van der Waals surface area contributed by atoms with E-state index in [2.05, 4.69) is 0 Å². The molecule has 3 aromatic rings. The minimum Gasteiger partial charge on any atom is -0.466 e. The standard InChI is InChI=1S/C28H29NO4/c1-3-32-25(30)20-24(21-14-8-5-9-15-21)27(28(31)33-4-2)29-26(22-16-10-6-11-17-22)23-18-12-7-13-19-23/h5-19,24,27H,3-4,20H2,1-2H3. The molecule has 0 spiro atoms. The number of hydrogen-bond acceptors (Lipinski definition) is 5. The molecule has 0 fully saturated rings. The molecule has 5 nitrogen and oxygen atoms in total. The minimum absolute atomic E-state index is 0.0156. The fourth-order valence-corrected chi connectivity index (χ4v) is 3.69. The van der Waals surface area contributed by atoms with E-state index in [-0.39, 0.29) is 25.6 Å². The third kappa shape index (κ3) is 6.62. The molecule has 0 saturated carbocycles. The molecule has 2 atom stereocenters. The molecule has 0 saturated heterocycles. The largest absolute Gasteiger partial charge is 0.466 e. The number of rotatable bonds is 10. The van der Waals surface area contributed by atoms with Gasteiger partial charge in [-0.3, -0.25) is 9.79 Å². The molecule has 0 aliphatic carbocycles. The fraction of sp³-hybridized carbons (Fsp3) is 0.250. The van der Waals surface area contributed by atoms with Gasteiger partial charge in [-0.25, -0.2) is 4.79 Å². The molecular weight excluding hydrogens is 414 g/mol. The summed E-state index contributed by atoms with van der Waals surface area (Å²) in [6.45, 7) is 4.01. The van der Waals surface area contributed by atoms with Crippen molar-refractivity contribution in [3.05, 3.63) is 108 Å². The highest BCUT2D eigenvalue weighted by Gasteiger charge is 2.33. The Morgan fingerprint density at radius 2 is 1.21 bits per heavy atom. The zero-order chi connectivity index (χ0) is 23.5. The van der Waals surface area contributed by atoms with Crippen LogP contribution in [0.25, 0.3) is 0 Å². The van der Waals surface area contributed by atoms with Gasteiger partial charge in [-0.15, -0.1) is 0 Å². The SMILES string of the molecule is CCOC(=O)CC(c1ccccc1)C(N=C(c1ccccc1)c1ccccc1)C(=O)OCC. The van der Waals surface area contributed by atoms with Gasteiger partial charge in [0.05, 0.1) is 25.3 Å². The molecule has 0 amide bonds.